The van der Waals surface area contributed by atoms with Gasteiger partial charge in [0.05, 0.1) is 37.0 Å². The van der Waals surface area contributed by atoms with Crippen molar-refractivity contribution >= 4 is 64.8 Å². The van der Waals surface area contributed by atoms with Crippen molar-refractivity contribution in [1.82, 2.24) is 9.80 Å². The van der Waals surface area contributed by atoms with Gasteiger partial charge in [0.15, 0.2) is 0 Å². The van der Waals surface area contributed by atoms with E-state index in [-0.39, 0.29) is 67.1 Å². The van der Waals surface area contributed by atoms with Crippen molar-refractivity contribution in [1.29, 1.82) is 0 Å². The van der Waals surface area contributed by atoms with E-state index >= 15 is 0 Å². The van der Waals surface area contributed by atoms with Crippen LogP contribution in [-0.4, -0.2) is 121 Å². The van der Waals surface area contributed by atoms with E-state index in [9.17, 15) is 50.7 Å². The van der Waals surface area contributed by atoms with Crippen molar-refractivity contribution in [3.8, 4) is 11.5 Å². The van der Waals surface area contributed by atoms with Crippen molar-refractivity contribution in [3.63, 3.8) is 0 Å². The number of allylic oxidation sites excluding steroid dienone is 4. The Bertz CT molecular complexity index is 2390. The van der Waals surface area contributed by atoms with Gasteiger partial charge in [-0.1, -0.05) is 49.2 Å². The normalized spacial score (nSPS) is 25.0. The van der Waals surface area contributed by atoms with Gasteiger partial charge in [-0.3, -0.25) is 19.2 Å². The van der Waals surface area contributed by atoms with E-state index in [1.165, 1.54) is 42.8 Å². The molecular formula is C49H60ClF5N4O11S. The maximum absolute atomic E-state index is 14.3. The van der Waals surface area contributed by atoms with E-state index < -0.39 is 106 Å². The van der Waals surface area contributed by atoms with Crippen LogP contribution in [0, 0.1) is 46.8 Å². The van der Waals surface area contributed by atoms with Crippen LogP contribution in [0.2, 0.25) is 5.02 Å². The summed E-state index contributed by atoms with van der Waals surface area (Å²) >= 11 is 7.92. The fourth-order valence-corrected chi connectivity index (χ4v) is 9.74. The number of anilines is 1. The predicted octanol–water partition coefficient (Wildman–Crippen LogP) is 7.86. The number of halogens is 6. The lowest BCUT2D eigenvalue weighted by Crippen LogP contribution is -2.47. The number of likely N-dealkylation sites (N-methyl/N-ethyl adjacent to an activating group) is 1. The summed E-state index contributed by atoms with van der Waals surface area (Å²) in [6.45, 7) is 9.06. The second-order valence-corrected chi connectivity index (χ2v) is 19.9. The number of benzene rings is 2. The third-order valence-electron chi connectivity index (χ3n) is 13.2. The predicted molar refractivity (Wildman–Crippen MR) is 253 cm³/mol. The Morgan fingerprint density at radius 2 is 1.65 bits per heavy atom. The molecule has 2 aromatic carbocycles. The third kappa shape index (κ3) is 13.8. The zero-order chi connectivity index (χ0) is 52.6. The summed E-state index contributed by atoms with van der Waals surface area (Å²) in [7, 11) is 4.43. The van der Waals surface area contributed by atoms with E-state index in [1.807, 2.05) is 39.0 Å². The van der Waals surface area contributed by atoms with Gasteiger partial charge in [-0.15, -0.1) is 0 Å². The number of primary amides is 1. The Hall–Kier alpha value is -5.41. The summed E-state index contributed by atoms with van der Waals surface area (Å²) in [5.41, 5.74) is 6.47. The molecular weight excluding hydrogens is 983 g/mol. The molecule has 0 radical (unpaired) electrons. The lowest BCUT2D eigenvalue weighted by atomic mass is 9.84. The quantitative estimate of drug-likeness (QED) is 0.0413. The van der Waals surface area contributed by atoms with Crippen LogP contribution in [0.5, 0.6) is 11.5 Å². The molecule has 15 nitrogen and oxygen atoms in total. The molecule has 2 saturated heterocycles. The van der Waals surface area contributed by atoms with E-state index in [1.54, 1.807) is 19.1 Å². The van der Waals surface area contributed by atoms with Crippen LogP contribution in [0.4, 0.5) is 32.4 Å². The molecule has 2 fully saturated rings. The van der Waals surface area contributed by atoms with Crippen LogP contribution < -0.4 is 20.1 Å². The minimum Gasteiger partial charge on any atom is -0.495 e. The number of fused-ring (bicyclic) bond motifs is 3. The summed E-state index contributed by atoms with van der Waals surface area (Å²) < 4.78 is 96.9. The number of hydrogen-bond donors (Lipinski definition) is 1. The van der Waals surface area contributed by atoms with Crippen molar-refractivity contribution < 1.29 is 74.4 Å². The topological polar surface area (TPSA) is 188 Å². The fourth-order valence-electron chi connectivity index (χ4n) is 8.61. The molecule has 0 spiro atoms. The molecule has 0 aliphatic carbocycles. The Balaban J connectivity index is 1.21. The van der Waals surface area contributed by atoms with Gasteiger partial charge < -0.3 is 44.1 Å². The molecule has 0 aromatic heterocycles. The van der Waals surface area contributed by atoms with Crippen LogP contribution >= 0.6 is 23.4 Å². The smallest absolute Gasteiger partial charge is 0.404 e. The number of likely N-dealkylation sites (tertiary alicyclic amines) is 1. The van der Waals surface area contributed by atoms with Gasteiger partial charge in [0.2, 0.25) is 52.6 Å². The van der Waals surface area contributed by atoms with Crippen molar-refractivity contribution in [2.75, 3.05) is 50.7 Å². The molecule has 0 unspecified atom stereocenters. The molecule has 5 rings (SSSR count). The first kappa shape index (κ1) is 56.5. The van der Waals surface area contributed by atoms with E-state index in [4.69, 9.17) is 36.3 Å². The van der Waals surface area contributed by atoms with E-state index in [0.29, 0.717) is 30.7 Å². The van der Waals surface area contributed by atoms with Crippen LogP contribution in [0.25, 0.3) is 0 Å². The summed E-state index contributed by atoms with van der Waals surface area (Å²) in [5.74, 6) is -17.4. The van der Waals surface area contributed by atoms with Gasteiger partial charge in [-0.25, -0.2) is 22.8 Å². The third-order valence-corrected chi connectivity index (χ3v) is 14.6. The molecule has 2 bridgehead atoms. The summed E-state index contributed by atoms with van der Waals surface area (Å²) in [5, 5.41) is 0.189. The standard InChI is InChI=1S/C49H60ClF5N4O11S/c1-25-11-9-10-12-26(2)20-32(67-48(56)65)27(3)45-49(5,70-45)34(23-36(61)58(7)31-21-29(19-25)22-33(66-8)38(31)50)68-46(63)28(4)57(6)35(60)15-18-71-24-37(62)59-16-13-30(14-17-59)47(64)69-44-42(54)40(52)39(51)41(53)43(44)55/h9-11,21-22,26-28,30,32,34,45H,12-20,23-24H2,1-8H3,(H2,56,65)/b10-9+,25-11+/t26-,27+,28+,32-,34-,45-,49-/m0/s1. The van der Waals surface area contributed by atoms with Crippen LogP contribution in [0.3, 0.4) is 0 Å². The Labute approximate surface area is 418 Å². The highest BCUT2D eigenvalue weighted by Gasteiger charge is 2.63. The molecule has 2 N–H and O–H groups in total. The van der Waals surface area contributed by atoms with Gasteiger partial charge in [-0.05, 0) is 76.5 Å². The second-order valence-electron chi connectivity index (χ2n) is 18.4. The zero-order valence-corrected chi connectivity index (χ0v) is 42.4. The van der Waals surface area contributed by atoms with Gasteiger partial charge >= 0.3 is 18.0 Å². The number of nitrogens with zero attached hydrogens (tertiary/aromatic N) is 3. The van der Waals surface area contributed by atoms with E-state index in [2.05, 4.69) is 4.74 Å². The number of epoxide rings is 1. The minimum absolute atomic E-state index is 0.00468. The fraction of sp³-hybridized carbons (Fsp3) is 0.551. The molecule has 7 atom stereocenters. The maximum Gasteiger partial charge on any atom is 0.404 e. The molecule has 3 aliphatic rings. The molecule has 3 aliphatic heterocycles. The number of esters is 2. The number of piperidine rings is 1. The van der Waals surface area contributed by atoms with Crippen LogP contribution in [-0.2, 0) is 44.6 Å². The molecule has 2 aromatic rings. The molecule has 390 valence electrons. The summed E-state index contributed by atoms with van der Waals surface area (Å²) in [6, 6.07) is 2.44. The summed E-state index contributed by atoms with van der Waals surface area (Å²) in [4.78, 5) is 83.3. The number of methoxy groups -OCH3 is 1. The van der Waals surface area contributed by atoms with Crippen molar-refractivity contribution in [3.05, 3.63) is 75.6 Å². The van der Waals surface area contributed by atoms with Crippen LogP contribution in [0.1, 0.15) is 78.7 Å². The van der Waals surface area contributed by atoms with E-state index in [0.717, 1.165) is 22.9 Å². The highest BCUT2D eigenvalue weighted by molar-refractivity contribution is 7.99. The number of nitrogens with two attached hydrogens (primary N) is 1. The second kappa shape index (κ2) is 24.3. The maximum atomic E-state index is 14.3. The van der Waals surface area contributed by atoms with Crippen molar-refractivity contribution in [2.45, 2.75) is 110 Å². The Morgan fingerprint density at radius 1 is 1.01 bits per heavy atom. The largest absolute Gasteiger partial charge is 0.495 e. The number of hydrogen-bond acceptors (Lipinski definition) is 12. The first-order valence-corrected chi connectivity index (χ1v) is 24.6. The first-order chi connectivity index (χ1) is 33.4. The Kier molecular flexibility index (Phi) is 19.4. The SMILES string of the molecule is COc1cc2cc(c1Cl)N(C)C(=O)C[C@H](OC(=O)[C@@H](C)N(C)C(=O)CCSCC(=O)N1CCC(C(=O)Oc3c(F)c(F)c(F)c(F)c3F)CC1)[C@]1(C)O[C@H]1[C@H](C)[C@@H](OC(N)=O)C[C@@H](C)C/C=C/C=C(\C)C2. The number of thioether (sulfide) groups is 1. The monoisotopic (exact) mass is 1040 g/mol. The first-order valence-electron chi connectivity index (χ1n) is 23.0. The zero-order valence-electron chi connectivity index (χ0n) is 40.8. The van der Waals surface area contributed by atoms with Crippen molar-refractivity contribution in [2.24, 2.45) is 23.5 Å². The Morgan fingerprint density at radius 3 is 2.27 bits per heavy atom. The molecule has 71 heavy (non-hydrogen) atoms. The van der Waals surface area contributed by atoms with Gasteiger partial charge in [0, 0.05) is 45.3 Å². The molecule has 4 amide bonds. The van der Waals surface area contributed by atoms with Crippen LogP contribution in [0.15, 0.2) is 35.9 Å². The minimum atomic E-state index is -2.39. The average Bonchev–Trinajstić information content (AvgIpc) is 4.04. The number of amides is 4. The average molecular weight is 1040 g/mol. The van der Waals surface area contributed by atoms with Gasteiger partial charge in [0.1, 0.15) is 34.6 Å². The lowest BCUT2D eigenvalue weighted by molar-refractivity contribution is -0.162. The van der Waals surface area contributed by atoms with Gasteiger partial charge in [-0.2, -0.15) is 20.5 Å². The summed E-state index contributed by atoms with van der Waals surface area (Å²) in [6.07, 6.45) is 3.60. The molecule has 3 heterocycles. The number of carbonyl (C=O) groups excluding carboxylic acids is 6. The lowest BCUT2D eigenvalue weighted by Gasteiger charge is -2.31. The number of rotatable bonds is 12. The molecule has 22 heteroatoms. The highest BCUT2D eigenvalue weighted by Crippen LogP contribution is 2.49. The number of carbonyl (C=O) groups is 6. The van der Waals surface area contributed by atoms with Gasteiger partial charge in [0.25, 0.3) is 0 Å². The number of ether oxygens (including phenoxy) is 5. The highest BCUT2D eigenvalue weighted by atomic mass is 35.5. The molecule has 0 saturated carbocycles.